The quantitative estimate of drug-likeness (QED) is 0.654. The number of pyridine rings is 1. The van der Waals surface area contributed by atoms with E-state index in [9.17, 15) is 0 Å². The van der Waals surface area contributed by atoms with E-state index >= 15 is 0 Å². The van der Waals surface area contributed by atoms with Gasteiger partial charge in [0.25, 0.3) is 0 Å². The molecular formula is C7H8N4. The summed E-state index contributed by atoms with van der Waals surface area (Å²) in [5, 5.41) is 10.3. The molecule has 0 radical (unpaired) electrons. The Kier molecular flexibility index (Phi) is 1.31. The highest BCUT2D eigenvalue weighted by Gasteiger charge is 1.98. The van der Waals surface area contributed by atoms with E-state index in [2.05, 4.69) is 27.3 Å². The summed E-state index contributed by atoms with van der Waals surface area (Å²) in [7, 11) is 0. The number of fused-ring (bicyclic) bond motifs is 1. The molecule has 0 aromatic carbocycles. The van der Waals surface area contributed by atoms with Crippen molar-refractivity contribution >= 4 is 11.2 Å². The van der Waals surface area contributed by atoms with Gasteiger partial charge in [0, 0.05) is 6.20 Å². The van der Waals surface area contributed by atoms with Crippen molar-refractivity contribution in [1.29, 1.82) is 0 Å². The maximum atomic E-state index is 4.11. The first-order chi connectivity index (χ1) is 5.40. The van der Waals surface area contributed by atoms with Crippen molar-refractivity contribution in [2.45, 2.75) is 13.3 Å². The van der Waals surface area contributed by atoms with Crippen LogP contribution in [0.3, 0.4) is 0 Å². The van der Waals surface area contributed by atoms with Gasteiger partial charge >= 0.3 is 0 Å². The van der Waals surface area contributed by atoms with Gasteiger partial charge in [-0.3, -0.25) is 0 Å². The van der Waals surface area contributed by atoms with Crippen LogP contribution >= 0.6 is 0 Å². The Morgan fingerprint density at radius 3 is 3.18 bits per heavy atom. The third kappa shape index (κ3) is 0.960. The molecule has 4 heteroatoms. The molecule has 0 aliphatic rings. The van der Waals surface area contributed by atoms with Gasteiger partial charge in [-0.1, -0.05) is 6.92 Å². The van der Waals surface area contributed by atoms with E-state index in [-0.39, 0.29) is 0 Å². The molecule has 11 heavy (non-hydrogen) atoms. The second-order valence-corrected chi connectivity index (χ2v) is 2.36. The minimum atomic E-state index is 0.683. The van der Waals surface area contributed by atoms with Gasteiger partial charge in [-0.25, -0.2) is 4.98 Å². The summed E-state index contributed by atoms with van der Waals surface area (Å²) in [5.74, 6) is 0. The summed E-state index contributed by atoms with van der Waals surface area (Å²) in [6.07, 6.45) is 2.81. The SMILES string of the molecule is CCc1cnc2n[nH]nc2c1. The standard InChI is InChI=1S/C7H8N4/c1-2-5-3-6-7(8-4-5)10-11-9-6/h3-4H,2H2,1H3,(H,8,9,10,11). The zero-order valence-electron chi connectivity index (χ0n) is 6.20. The third-order valence-corrected chi connectivity index (χ3v) is 1.64. The number of aromatic amines is 1. The van der Waals surface area contributed by atoms with Gasteiger partial charge in [0.1, 0.15) is 5.52 Å². The smallest absolute Gasteiger partial charge is 0.201 e. The highest BCUT2D eigenvalue weighted by Crippen LogP contribution is 2.06. The fourth-order valence-electron chi connectivity index (χ4n) is 0.976. The van der Waals surface area contributed by atoms with Crippen LogP contribution in [0.5, 0.6) is 0 Å². The normalized spacial score (nSPS) is 10.6. The van der Waals surface area contributed by atoms with Crippen LogP contribution < -0.4 is 0 Å². The van der Waals surface area contributed by atoms with Crippen LogP contribution in [0.25, 0.3) is 11.2 Å². The lowest BCUT2D eigenvalue weighted by Crippen LogP contribution is -1.82. The Morgan fingerprint density at radius 1 is 1.45 bits per heavy atom. The molecule has 1 N–H and O–H groups in total. The summed E-state index contributed by atoms with van der Waals surface area (Å²) >= 11 is 0. The molecule has 0 saturated heterocycles. The van der Waals surface area contributed by atoms with Gasteiger partial charge < -0.3 is 0 Å². The van der Waals surface area contributed by atoms with Gasteiger partial charge in [0.05, 0.1) is 0 Å². The lowest BCUT2D eigenvalue weighted by molar-refractivity contribution is 0.954. The second kappa shape index (κ2) is 2.30. The zero-order valence-corrected chi connectivity index (χ0v) is 6.20. The fraction of sp³-hybridized carbons (Fsp3) is 0.286. The molecule has 2 heterocycles. The maximum absolute atomic E-state index is 4.11. The number of aromatic nitrogens is 4. The molecule has 2 rings (SSSR count). The largest absolute Gasteiger partial charge is 0.233 e. The lowest BCUT2D eigenvalue weighted by Gasteiger charge is -1.91. The van der Waals surface area contributed by atoms with E-state index in [1.807, 2.05) is 12.3 Å². The fourth-order valence-corrected chi connectivity index (χ4v) is 0.976. The summed E-state index contributed by atoms with van der Waals surface area (Å²) in [6.45, 7) is 2.09. The molecular weight excluding hydrogens is 140 g/mol. The average Bonchev–Trinajstić information content (AvgIpc) is 2.50. The lowest BCUT2D eigenvalue weighted by atomic mass is 10.2. The molecule has 0 atom stereocenters. The highest BCUT2D eigenvalue weighted by molar-refractivity contribution is 5.68. The number of H-pyrrole nitrogens is 1. The summed E-state index contributed by atoms with van der Waals surface area (Å²) in [5.41, 5.74) is 2.71. The van der Waals surface area contributed by atoms with E-state index in [0.717, 1.165) is 11.9 Å². The van der Waals surface area contributed by atoms with Crippen LogP contribution in [0.4, 0.5) is 0 Å². The van der Waals surface area contributed by atoms with Crippen molar-refractivity contribution in [3.8, 4) is 0 Å². The second-order valence-electron chi connectivity index (χ2n) is 2.36. The zero-order chi connectivity index (χ0) is 7.68. The van der Waals surface area contributed by atoms with E-state index in [1.165, 1.54) is 5.56 Å². The van der Waals surface area contributed by atoms with Crippen LogP contribution in [0.2, 0.25) is 0 Å². The predicted molar refractivity (Wildman–Crippen MR) is 41.1 cm³/mol. The minimum Gasteiger partial charge on any atom is -0.233 e. The van der Waals surface area contributed by atoms with E-state index < -0.39 is 0 Å². The first-order valence-corrected chi connectivity index (χ1v) is 3.55. The Morgan fingerprint density at radius 2 is 2.36 bits per heavy atom. The monoisotopic (exact) mass is 148 g/mol. The van der Waals surface area contributed by atoms with Crippen LogP contribution in [0.15, 0.2) is 12.3 Å². The van der Waals surface area contributed by atoms with Crippen LogP contribution in [-0.2, 0) is 6.42 Å². The van der Waals surface area contributed by atoms with E-state index in [4.69, 9.17) is 0 Å². The van der Waals surface area contributed by atoms with Gasteiger partial charge in [-0.15, -0.1) is 5.10 Å². The Balaban J connectivity index is 2.67. The van der Waals surface area contributed by atoms with Crippen molar-refractivity contribution in [3.05, 3.63) is 17.8 Å². The van der Waals surface area contributed by atoms with Crippen LogP contribution in [0, 0.1) is 0 Å². The molecule has 0 bridgehead atoms. The van der Waals surface area contributed by atoms with Gasteiger partial charge in [0.15, 0.2) is 0 Å². The number of rotatable bonds is 1. The first-order valence-electron chi connectivity index (χ1n) is 3.55. The summed E-state index contributed by atoms with van der Waals surface area (Å²) < 4.78 is 0. The third-order valence-electron chi connectivity index (χ3n) is 1.64. The number of nitrogens with one attached hydrogen (secondary N) is 1. The molecule has 0 amide bonds. The Hall–Kier alpha value is -1.45. The molecule has 0 aliphatic heterocycles. The van der Waals surface area contributed by atoms with Crippen molar-refractivity contribution in [2.75, 3.05) is 0 Å². The topological polar surface area (TPSA) is 54.5 Å². The predicted octanol–water partition coefficient (Wildman–Crippen LogP) is 0.915. The maximum Gasteiger partial charge on any atom is 0.201 e. The Bertz CT molecular complexity index is 365. The summed E-state index contributed by atoms with van der Waals surface area (Å²) in [6, 6.07) is 1.99. The van der Waals surface area contributed by atoms with E-state index in [1.54, 1.807) is 0 Å². The first kappa shape index (κ1) is 6.27. The molecule has 56 valence electrons. The van der Waals surface area contributed by atoms with Crippen molar-refractivity contribution in [2.24, 2.45) is 0 Å². The van der Waals surface area contributed by atoms with E-state index in [0.29, 0.717) is 5.65 Å². The molecule has 2 aromatic rings. The van der Waals surface area contributed by atoms with Crippen molar-refractivity contribution in [1.82, 2.24) is 20.4 Å². The molecule has 0 unspecified atom stereocenters. The van der Waals surface area contributed by atoms with Crippen LogP contribution in [-0.4, -0.2) is 20.4 Å². The molecule has 2 aromatic heterocycles. The Labute approximate surface area is 63.6 Å². The van der Waals surface area contributed by atoms with Crippen molar-refractivity contribution in [3.63, 3.8) is 0 Å². The van der Waals surface area contributed by atoms with Crippen molar-refractivity contribution < 1.29 is 0 Å². The molecule has 0 spiro atoms. The number of hydrogen-bond donors (Lipinski definition) is 1. The molecule has 4 nitrogen and oxygen atoms in total. The van der Waals surface area contributed by atoms with Gasteiger partial charge in [0.2, 0.25) is 5.65 Å². The molecule has 0 saturated carbocycles. The summed E-state index contributed by atoms with van der Waals surface area (Å²) in [4.78, 5) is 4.11. The number of nitrogens with zero attached hydrogens (tertiary/aromatic N) is 3. The molecule has 0 aliphatic carbocycles. The van der Waals surface area contributed by atoms with Gasteiger partial charge in [-0.2, -0.15) is 10.3 Å². The molecule has 0 fully saturated rings. The number of aryl methyl sites for hydroxylation is 1. The van der Waals surface area contributed by atoms with Gasteiger partial charge in [-0.05, 0) is 18.1 Å². The van der Waals surface area contributed by atoms with Crippen LogP contribution in [0.1, 0.15) is 12.5 Å². The minimum absolute atomic E-state index is 0.683. The average molecular weight is 148 g/mol. The number of hydrogen-bond acceptors (Lipinski definition) is 3. The highest BCUT2D eigenvalue weighted by atomic mass is 15.3.